The zero-order chi connectivity index (χ0) is 28.5. The van der Waals surface area contributed by atoms with Gasteiger partial charge in [0.2, 0.25) is 11.8 Å². The molecule has 1 heterocycles. The van der Waals surface area contributed by atoms with Crippen LogP contribution in [-0.4, -0.2) is 59.3 Å². The predicted octanol–water partition coefficient (Wildman–Crippen LogP) is 5.64. The Bertz CT molecular complexity index is 1150. The third-order valence-corrected chi connectivity index (χ3v) is 8.36. The van der Waals surface area contributed by atoms with Crippen molar-refractivity contribution >= 4 is 17.7 Å². The van der Waals surface area contributed by atoms with E-state index in [1.54, 1.807) is 24.1 Å². The number of rotatable bonds is 11. The van der Waals surface area contributed by atoms with Crippen LogP contribution in [0.15, 0.2) is 48.5 Å². The highest BCUT2D eigenvalue weighted by Gasteiger charge is 2.38. The third-order valence-electron chi connectivity index (χ3n) is 8.36. The summed E-state index contributed by atoms with van der Waals surface area (Å²) < 4.78 is 5.30. The highest BCUT2D eigenvalue weighted by Crippen LogP contribution is 2.28. The molecule has 0 radical (unpaired) electrons. The molecule has 40 heavy (non-hydrogen) atoms. The zero-order valence-electron chi connectivity index (χ0n) is 24.4. The van der Waals surface area contributed by atoms with Gasteiger partial charge in [-0.15, -0.1) is 0 Å². The van der Waals surface area contributed by atoms with Crippen LogP contribution < -0.4 is 10.1 Å². The molecule has 1 saturated carbocycles. The standard InChI is InChI=1S/C33H45N3O4/c1-4-5-6-16-31(37)35-21-10-15-30(35)32(38)34-28-13-7-8-14-29(28)36(23-25-12-9-11-24(2)22-25)33(39)26-17-19-27(40-3)20-18-26/h9,11-12,17-20,22,28-30H,4-8,10,13-16,21,23H2,1-3H3,(H,34,38)/t28-,29-,30+/m1/s1. The topological polar surface area (TPSA) is 79.0 Å². The summed E-state index contributed by atoms with van der Waals surface area (Å²) in [6.07, 6.45) is 8.65. The first-order valence-electron chi connectivity index (χ1n) is 15.0. The summed E-state index contributed by atoms with van der Waals surface area (Å²) in [5, 5.41) is 3.32. The molecular formula is C33H45N3O4. The van der Waals surface area contributed by atoms with Gasteiger partial charge in [-0.25, -0.2) is 0 Å². The monoisotopic (exact) mass is 547 g/mol. The van der Waals surface area contributed by atoms with E-state index in [0.717, 1.165) is 62.5 Å². The van der Waals surface area contributed by atoms with Gasteiger partial charge in [-0.3, -0.25) is 14.4 Å². The van der Waals surface area contributed by atoms with Crippen molar-refractivity contribution in [2.24, 2.45) is 0 Å². The van der Waals surface area contributed by atoms with Gasteiger partial charge in [-0.2, -0.15) is 0 Å². The van der Waals surface area contributed by atoms with Crippen LogP contribution in [0.5, 0.6) is 5.75 Å². The summed E-state index contributed by atoms with van der Waals surface area (Å²) in [6.45, 7) is 5.29. The minimum absolute atomic E-state index is 0.0519. The van der Waals surface area contributed by atoms with Crippen LogP contribution in [-0.2, 0) is 16.1 Å². The molecule has 1 saturated heterocycles. The van der Waals surface area contributed by atoms with Gasteiger partial charge in [0, 0.05) is 31.1 Å². The molecule has 0 bridgehead atoms. The van der Waals surface area contributed by atoms with Gasteiger partial charge >= 0.3 is 0 Å². The summed E-state index contributed by atoms with van der Waals surface area (Å²) in [6, 6.07) is 14.8. The molecule has 0 aromatic heterocycles. The average molecular weight is 548 g/mol. The average Bonchev–Trinajstić information content (AvgIpc) is 3.47. The van der Waals surface area contributed by atoms with Gasteiger partial charge < -0.3 is 19.9 Å². The summed E-state index contributed by atoms with van der Waals surface area (Å²) in [5.74, 6) is 0.659. The number of amides is 3. The second-order valence-electron chi connectivity index (χ2n) is 11.3. The number of likely N-dealkylation sites (tertiary alicyclic amines) is 1. The van der Waals surface area contributed by atoms with E-state index in [9.17, 15) is 14.4 Å². The summed E-state index contributed by atoms with van der Waals surface area (Å²) in [7, 11) is 1.61. The van der Waals surface area contributed by atoms with Crippen molar-refractivity contribution in [1.29, 1.82) is 0 Å². The van der Waals surface area contributed by atoms with Crippen molar-refractivity contribution in [3.8, 4) is 5.75 Å². The van der Waals surface area contributed by atoms with Gasteiger partial charge in [0.1, 0.15) is 11.8 Å². The molecule has 7 nitrogen and oxygen atoms in total. The molecule has 2 aromatic rings. The Balaban J connectivity index is 1.54. The van der Waals surface area contributed by atoms with Crippen LogP contribution in [0, 0.1) is 6.92 Å². The number of ether oxygens (including phenoxy) is 1. The molecule has 3 atom stereocenters. The van der Waals surface area contributed by atoms with Crippen LogP contribution in [0.1, 0.15) is 92.6 Å². The van der Waals surface area contributed by atoms with E-state index in [1.165, 1.54) is 0 Å². The molecule has 1 aliphatic carbocycles. The van der Waals surface area contributed by atoms with Crippen LogP contribution in [0.3, 0.4) is 0 Å². The molecule has 1 aliphatic heterocycles. The Labute approximate surface area is 239 Å². The normalized spacial score (nSPS) is 20.7. The van der Waals surface area contributed by atoms with Crippen molar-refractivity contribution in [3.05, 3.63) is 65.2 Å². The predicted molar refractivity (Wildman–Crippen MR) is 157 cm³/mol. The van der Waals surface area contributed by atoms with Crippen molar-refractivity contribution in [1.82, 2.24) is 15.1 Å². The second-order valence-corrected chi connectivity index (χ2v) is 11.3. The van der Waals surface area contributed by atoms with Crippen LogP contribution in [0.4, 0.5) is 0 Å². The van der Waals surface area contributed by atoms with Gasteiger partial charge in [-0.1, -0.05) is 62.4 Å². The quantitative estimate of drug-likeness (QED) is 0.369. The number of hydrogen-bond donors (Lipinski definition) is 1. The maximum Gasteiger partial charge on any atom is 0.254 e. The first-order chi connectivity index (χ1) is 19.4. The minimum Gasteiger partial charge on any atom is -0.497 e. The lowest BCUT2D eigenvalue weighted by Crippen LogP contribution is -2.57. The van der Waals surface area contributed by atoms with E-state index in [-0.39, 0.29) is 29.8 Å². The number of nitrogens with one attached hydrogen (secondary N) is 1. The van der Waals surface area contributed by atoms with E-state index >= 15 is 0 Å². The molecule has 7 heteroatoms. The van der Waals surface area contributed by atoms with Gasteiger partial charge in [-0.05, 0) is 68.9 Å². The number of aryl methyl sites for hydroxylation is 1. The Hall–Kier alpha value is -3.35. The number of methoxy groups -OCH3 is 1. The van der Waals surface area contributed by atoms with E-state index in [1.807, 2.05) is 23.1 Å². The van der Waals surface area contributed by atoms with Crippen molar-refractivity contribution in [3.63, 3.8) is 0 Å². The summed E-state index contributed by atoms with van der Waals surface area (Å²) in [4.78, 5) is 44.3. The van der Waals surface area contributed by atoms with Crippen LogP contribution >= 0.6 is 0 Å². The van der Waals surface area contributed by atoms with E-state index in [4.69, 9.17) is 4.74 Å². The molecular weight excluding hydrogens is 502 g/mol. The van der Waals surface area contributed by atoms with Gasteiger partial charge in [0.25, 0.3) is 5.91 Å². The smallest absolute Gasteiger partial charge is 0.254 e. The maximum absolute atomic E-state index is 14.0. The fourth-order valence-electron chi connectivity index (χ4n) is 6.19. The van der Waals surface area contributed by atoms with Crippen molar-refractivity contribution < 1.29 is 19.1 Å². The van der Waals surface area contributed by atoms with Crippen molar-refractivity contribution in [2.75, 3.05) is 13.7 Å². The number of unbranched alkanes of at least 4 members (excludes halogenated alkanes) is 2. The fourth-order valence-corrected chi connectivity index (χ4v) is 6.19. The lowest BCUT2D eigenvalue weighted by atomic mass is 9.88. The van der Waals surface area contributed by atoms with Crippen LogP contribution in [0.2, 0.25) is 0 Å². The van der Waals surface area contributed by atoms with Crippen molar-refractivity contribution in [2.45, 2.75) is 103 Å². The summed E-state index contributed by atoms with van der Waals surface area (Å²) in [5.41, 5.74) is 2.81. The first kappa shape index (κ1) is 29.6. The highest BCUT2D eigenvalue weighted by atomic mass is 16.5. The summed E-state index contributed by atoms with van der Waals surface area (Å²) >= 11 is 0. The lowest BCUT2D eigenvalue weighted by molar-refractivity contribution is -0.139. The molecule has 216 valence electrons. The molecule has 0 unspecified atom stereocenters. The maximum atomic E-state index is 14.0. The molecule has 2 fully saturated rings. The molecule has 1 N–H and O–H groups in total. The van der Waals surface area contributed by atoms with E-state index in [0.29, 0.717) is 37.2 Å². The van der Waals surface area contributed by atoms with E-state index < -0.39 is 6.04 Å². The second kappa shape index (κ2) is 14.3. The fraction of sp³-hybridized carbons (Fsp3) is 0.545. The number of benzene rings is 2. The minimum atomic E-state index is -0.417. The Morgan fingerprint density at radius 1 is 1.00 bits per heavy atom. The molecule has 2 aliphatic rings. The molecule has 0 spiro atoms. The first-order valence-corrected chi connectivity index (χ1v) is 15.0. The highest BCUT2D eigenvalue weighted by molar-refractivity contribution is 5.95. The molecule has 4 rings (SSSR count). The Morgan fingerprint density at radius 2 is 1.77 bits per heavy atom. The SMILES string of the molecule is CCCCCC(=O)N1CCC[C@H]1C(=O)N[C@@H]1CCCC[C@H]1N(Cc1cccc(C)c1)C(=O)c1ccc(OC)cc1. The van der Waals surface area contributed by atoms with E-state index in [2.05, 4.69) is 37.4 Å². The Morgan fingerprint density at radius 3 is 2.50 bits per heavy atom. The van der Waals surface area contributed by atoms with Crippen LogP contribution in [0.25, 0.3) is 0 Å². The third kappa shape index (κ3) is 7.43. The number of carbonyl (C=O) groups is 3. The zero-order valence-corrected chi connectivity index (χ0v) is 24.4. The van der Waals surface area contributed by atoms with Gasteiger partial charge in [0.15, 0.2) is 0 Å². The number of hydrogen-bond acceptors (Lipinski definition) is 4. The number of nitrogens with zero attached hydrogens (tertiary/aromatic N) is 2. The molecule has 2 aromatic carbocycles. The lowest BCUT2D eigenvalue weighted by Gasteiger charge is -2.41. The largest absolute Gasteiger partial charge is 0.497 e. The molecule has 3 amide bonds. The van der Waals surface area contributed by atoms with Gasteiger partial charge in [0.05, 0.1) is 13.2 Å². The number of carbonyl (C=O) groups excluding carboxylic acids is 3. The Kier molecular flexibility index (Phi) is 10.6.